The van der Waals surface area contributed by atoms with Crippen molar-refractivity contribution in [1.82, 2.24) is 10.2 Å². The van der Waals surface area contributed by atoms with E-state index in [0.717, 1.165) is 41.4 Å². The van der Waals surface area contributed by atoms with Gasteiger partial charge in [-0.05, 0) is 17.7 Å². The predicted octanol–water partition coefficient (Wildman–Crippen LogP) is 2.30. The number of nitrogens with one attached hydrogen (secondary N) is 1. The summed E-state index contributed by atoms with van der Waals surface area (Å²) in [4.78, 5) is 7.43. The molecule has 7 heteroatoms. The maximum Gasteiger partial charge on any atom is 0.175 e. The molecule has 2 aliphatic heterocycles. The average Bonchev–Trinajstić information content (AvgIpc) is 2.74. The predicted molar refractivity (Wildman–Crippen MR) is 109 cm³/mol. The van der Waals surface area contributed by atoms with E-state index in [4.69, 9.17) is 9.73 Å². The summed E-state index contributed by atoms with van der Waals surface area (Å²) in [6, 6.07) is 16.9. The van der Waals surface area contributed by atoms with Gasteiger partial charge in [0, 0.05) is 30.5 Å². The standard InChI is InChI=1S/C21H22N3O3S/c1-28(25,26)18-9-7-16(8-10-18)19-15-22-20(17-5-3-2-4-6-17)23-21(19)24-11-13-27-14-12-24/h2-10,15H,11-14H2,1H3,(H,22,23). The van der Waals surface area contributed by atoms with E-state index in [1.807, 2.05) is 49.0 Å². The lowest BCUT2D eigenvalue weighted by Gasteiger charge is -2.33. The fourth-order valence-electron chi connectivity index (χ4n) is 3.26. The molecule has 0 amide bonds. The molecule has 0 saturated carbocycles. The highest BCUT2D eigenvalue weighted by atomic mass is 32.2. The van der Waals surface area contributed by atoms with Crippen LogP contribution in [0, 0.1) is 6.54 Å². The summed E-state index contributed by atoms with van der Waals surface area (Å²) in [6.07, 6.45) is 1.21. The van der Waals surface area contributed by atoms with Crippen LogP contribution in [0.5, 0.6) is 0 Å². The number of ether oxygens (including phenoxy) is 1. The van der Waals surface area contributed by atoms with Gasteiger partial charge in [0.25, 0.3) is 0 Å². The average molecular weight is 396 g/mol. The molecule has 6 nitrogen and oxygen atoms in total. The summed E-state index contributed by atoms with van der Waals surface area (Å²) < 4.78 is 29.0. The van der Waals surface area contributed by atoms with Crippen molar-refractivity contribution >= 4 is 21.2 Å². The van der Waals surface area contributed by atoms with E-state index in [9.17, 15) is 8.42 Å². The van der Waals surface area contributed by atoms with Crippen molar-refractivity contribution in [3.05, 3.63) is 78.1 Å². The molecule has 0 spiro atoms. The van der Waals surface area contributed by atoms with Crippen LogP contribution in [0.25, 0.3) is 5.57 Å². The van der Waals surface area contributed by atoms with E-state index in [1.165, 1.54) is 6.26 Å². The first-order valence-electron chi connectivity index (χ1n) is 9.14. The first kappa shape index (κ1) is 18.7. The maximum absolute atomic E-state index is 11.8. The molecule has 4 rings (SSSR count). The second-order valence-corrected chi connectivity index (χ2v) is 8.76. The number of nitrogens with zero attached hydrogens (tertiary/aromatic N) is 2. The molecule has 1 N–H and O–H groups in total. The molecule has 1 saturated heterocycles. The largest absolute Gasteiger partial charge is 0.378 e. The molecule has 28 heavy (non-hydrogen) atoms. The number of sulfone groups is 1. The summed E-state index contributed by atoms with van der Waals surface area (Å²) in [5, 5.41) is 3.29. The Morgan fingerprint density at radius 2 is 1.64 bits per heavy atom. The monoisotopic (exact) mass is 396 g/mol. The molecule has 145 valence electrons. The molecule has 2 heterocycles. The summed E-state index contributed by atoms with van der Waals surface area (Å²) in [7, 11) is -3.23. The van der Waals surface area contributed by atoms with Gasteiger partial charge in [-0.2, -0.15) is 0 Å². The molecular weight excluding hydrogens is 374 g/mol. The van der Waals surface area contributed by atoms with Crippen LogP contribution in [0.15, 0.2) is 70.3 Å². The Hall–Kier alpha value is -2.64. The number of amidine groups is 1. The topological polar surface area (TPSA) is 71.0 Å². The van der Waals surface area contributed by atoms with Gasteiger partial charge in [-0.1, -0.05) is 42.5 Å². The van der Waals surface area contributed by atoms with Gasteiger partial charge in [-0.3, -0.25) is 0 Å². The van der Waals surface area contributed by atoms with Crippen molar-refractivity contribution in [1.29, 1.82) is 0 Å². The maximum atomic E-state index is 11.8. The number of rotatable bonds is 4. The molecule has 0 bridgehead atoms. The number of benzene rings is 2. The van der Waals surface area contributed by atoms with Crippen molar-refractivity contribution in [2.75, 3.05) is 32.6 Å². The van der Waals surface area contributed by atoms with Crippen molar-refractivity contribution in [3.63, 3.8) is 0 Å². The highest BCUT2D eigenvalue weighted by Crippen LogP contribution is 2.29. The van der Waals surface area contributed by atoms with Crippen LogP contribution in [-0.4, -0.2) is 51.7 Å². The van der Waals surface area contributed by atoms with E-state index in [0.29, 0.717) is 18.1 Å². The third-order valence-electron chi connectivity index (χ3n) is 4.76. The smallest absolute Gasteiger partial charge is 0.175 e. The third-order valence-corrected chi connectivity index (χ3v) is 5.89. The van der Waals surface area contributed by atoms with Crippen LogP contribution in [0.1, 0.15) is 11.1 Å². The van der Waals surface area contributed by atoms with Crippen LogP contribution in [0.4, 0.5) is 0 Å². The second kappa shape index (κ2) is 7.77. The molecule has 2 aliphatic rings. The first-order valence-corrected chi connectivity index (χ1v) is 11.0. The minimum absolute atomic E-state index is 0.307. The van der Waals surface area contributed by atoms with E-state index in [1.54, 1.807) is 12.1 Å². The minimum Gasteiger partial charge on any atom is -0.378 e. The SMILES string of the molecule is CS(=O)(=O)c1ccc(C2=C(N3CCOCC3)N=C(c3ccccc3)N[CH]2)cc1. The van der Waals surface area contributed by atoms with Crippen molar-refractivity contribution < 1.29 is 13.2 Å². The Balaban J connectivity index is 1.76. The Kier molecular flexibility index (Phi) is 5.19. The molecular formula is C21H22N3O3S. The number of hydrogen-bond acceptors (Lipinski definition) is 6. The van der Waals surface area contributed by atoms with Crippen LogP contribution < -0.4 is 5.32 Å². The van der Waals surface area contributed by atoms with Gasteiger partial charge in [0.15, 0.2) is 9.84 Å². The van der Waals surface area contributed by atoms with E-state index < -0.39 is 9.84 Å². The van der Waals surface area contributed by atoms with Crippen LogP contribution in [0.3, 0.4) is 0 Å². The number of hydrogen-bond donors (Lipinski definition) is 1. The van der Waals surface area contributed by atoms with Gasteiger partial charge in [-0.15, -0.1) is 0 Å². The summed E-state index contributed by atoms with van der Waals surface area (Å²) >= 11 is 0. The second-order valence-electron chi connectivity index (χ2n) is 6.75. The zero-order valence-corrected chi connectivity index (χ0v) is 16.4. The number of aliphatic imine (C=N–C) groups is 1. The summed E-state index contributed by atoms with van der Waals surface area (Å²) in [6.45, 7) is 4.79. The normalized spacial score (nSPS) is 17.9. The van der Waals surface area contributed by atoms with Crippen molar-refractivity contribution in [2.24, 2.45) is 4.99 Å². The molecule has 0 unspecified atom stereocenters. The molecule has 0 aliphatic carbocycles. The van der Waals surface area contributed by atoms with Crippen LogP contribution in [-0.2, 0) is 14.6 Å². The summed E-state index contributed by atoms with van der Waals surface area (Å²) in [5.41, 5.74) is 2.86. The lowest BCUT2D eigenvalue weighted by atomic mass is 10.0. The molecule has 2 aromatic carbocycles. The zero-order valence-electron chi connectivity index (χ0n) is 15.6. The Morgan fingerprint density at radius 3 is 2.29 bits per heavy atom. The molecule has 0 aromatic heterocycles. The van der Waals surface area contributed by atoms with E-state index >= 15 is 0 Å². The minimum atomic E-state index is -3.23. The number of morpholine rings is 1. The molecule has 0 atom stereocenters. The van der Waals surface area contributed by atoms with Crippen LogP contribution in [0.2, 0.25) is 0 Å². The Bertz CT molecular complexity index is 1010. The van der Waals surface area contributed by atoms with E-state index in [2.05, 4.69) is 10.2 Å². The quantitative estimate of drug-likeness (QED) is 0.859. The van der Waals surface area contributed by atoms with Crippen molar-refractivity contribution in [2.45, 2.75) is 4.90 Å². The first-order chi connectivity index (χ1) is 13.5. The molecule has 1 fully saturated rings. The third kappa shape index (κ3) is 3.95. The lowest BCUT2D eigenvalue weighted by molar-refractivity contribution is 0.0534. The molecule has 2 aromatic rings. The van der Waals surface area contributed by atoms with Gasteiger partial charge < -0.3 is 15.0 Å². The van der Waals surface area contributed by atoms with Gasteiger partial charge in [0.2, 0.25) is 0 Å². The highest BCUT2D eigenvalue weighted by molar-refractivity contribution is 7.90. The van der Waals surface area contributed by atoms with Gasteiger partial charge >= 0.3 is 0 Å². The van der Waals surface area contributed by atoms with Crippen molar-refractivity contribution in [3.8, 4) is 0 Å². The molecule has 1 radical (unpaired) electrons. The highest BCUT2D eigenvalue weighted by Gasteiger charge is 2.24. The zero-order chi connectivity index (χ0) is 19.6. The van der Waals surface area contributed by atoms with Gasteiger partial charge in [-0.25, -0.2) is 13.4 Å². The Morgan fingerprint density at radius 1 is 0.964 bits per heavy atom. The van der Waals surface area contributed by atoms with E-state index in [-0.39, 0.29) is 0 Å². The Labute approximate surface area is 165 Å². The lowest BCUT2D eigenvalue weighted by Crippen LogP contribution is -2.38. The van der Waals surface area contributed by atoms with Crippen LogP contribution >= 0.6 is 0 Å². The fraction of sp³-hybridized carbons (Fsp3) is 0.238. The van der Waals surface area contributed by atoms with Gasteiger partial charge in [0.05, 0.1) is 24.7 Å². The van der Waals surface area contributed by atoms with Gasteiger partial charge in [0.1, 0.15) is 11.7 Å². The fourth-order valence-corrected chi connectivity index (χ4v) is 3.89. The summed E-state index contributed by atoms with van der Waals surface area (Å²) in [5.74, 6) is 1.66.